The van der Waals surface area contributed by atoms with Gasteiger partial charge in [-0.25, -0.2) is 0 Å². The molecule has 0 saturated heterocycles. The van der Waals surface area contributed by atoms with Gasteiger partial charge in [0, 0.05) is 5.56 Å². The van der Waals surface area contributed by atoms with Crippen LogP contribution in [0.15, 0.2) is 4.52 Å². The number of nitrogen functional groups attached to an aromatic ring is 1. The van der Waals surface area contributed by atoms with E-state index >= 15 is 0 Å². The predicted octanol–water partition coefficient (Wildman–Crippen LogP) is 3.75. The van der Waals surface area contributed by atoms with Crippen LogP contribution >= 0.6 is 0 Å². The quantitative estimate of drug-likeness (QED) is 0.900. The molecule has 4 saturated carbocycles. The second kappa shape index (κ2) is 4.26. The molecule has 2 N–H and O–H groups in total. The largest absolute Gasteiger partial charge is 0.367 e. The van der Waals surface area contributed by atoms with Crippen molar-refractivity contribution >= 4 is 5.88 Å². The molecule has 3 heteroatoms. The van der Waals surface area contributed by atoms with Crippen molar-refractivity contribution in [1.29, 1.82) is 0 Å². The summed E-state index contributed by atoms with van der Waals surface area (Å²) in [7, 11) is 0. The Balaban J connectivity index is 1.70. The van der Waals surface area contributed by atoms with Crippen LogP contribution in [-0.4, -0.2) is 5.16 Å². The van der Waals surface area contributed by atoms with E-state index in [-0.39, 0.29) is 0 Å². The number of rotatable bonds is 3. The van der Waals surface area contributed by atoms with Crippen molar-refractivity contribution in [3.05, 3.63) is 11.3 Å². The molecule has 1 heterocycles. The standard InChI is InChI=1S/C16H24N2O/c1-2-3-13-15(16(17)19-18-13)14-11-5-9-4-10(7-11)8-12(14)6-9/h9-12,14H,2-8,17H2,1H3. The van der Waals surface area contributed by atoms with E-state index in [0.29, 0.717) is 11.8 Å². The lowest BCUT2D eigenvalue weighted by Crippen LogP contribution is -2.44. The van der Waals surface area contributed by atoms with Gasteiger partial charge in [-0.15, -0.1) is 0 Å². The topological polar surface area (TPSA) is 52.0 Å². The van der Waals surface area contributed by atoms with Gasteiger partial charge in [0.05, 0.1) is 5.69 Å². The van der Waals surface area contributed by atoms with Crippen molar-refractivity contribution in [3.63, 3.8) is 0 Å². The van der Waals surface area contributed by atoms with Crippen molar-refractivity contribution in [2.24, 2.45) is 23.7 Å². The van der Waals surface area contributed by atoms with Crippen LogP contribution in [0.5, 0.6) is 0 Å². The molecule has 4 fully saturated rings. The van der Waals surface area contributed by atoms with E-state index in [0.717, 1.165) is 42.2 Å². The Morgan fingerprint density at radius 3 is 2.32 bits per heavy atom. The Kier molecular flexibility index (Phi) is 2.64. The fraction of sp³-hybridized carbons (Fsp3) is 0.812. The molecule has 19 heavy (non-hydrogen) atoms. The van der Waals surface area contributed by atoms with E-state index in [1.54, 1.807) is 0 Å². The normalized spacial score (nSPS) is 39.9. The Bertz CT molecular complexity index is 451. The lowest BCUT2D eigenvalue weighted by Gasteiger charge is -2.54. The highest BCUT2D eigenvalue weighted by Crippen LogP contribution is 2.60. The molecule has 4 aliphatic rings. The molecular weight excluding hydrogens is 236 g/mol. The minimum atomic E-state index is 0.612. The van der Waals surface area contributed by atoms with Crippen molar-refractivity contribution in [2.45, 2.75) is 57.8 Å². The van der Waals surface area contributed by atoms with Crippen molar-refractivity contribution in [2.75, 3.05) is 5.73 Å². The number of aromatic nitrogens is 1. The second-order valence-corrected chi connectivity index (χ2v) is 7.11. The Morgan fingerprint density at radius 1 is 1.11 bits per heavy atom. The fourth-order valence-corrected chi connectivity index (χ4v) is 5.52. The number of aryl methyl sites for hydroxylation is 1. The van der Waals surface area contributed by atoms with Crippen LogP contribution in [0.2, 0.25) is 0 Å². The highest BCUT2D eigenvalue weighted by Gasteiger charge is 2.50. The number of anilines is 1. The first kappa shape index (κ1) is 11.8. The SMILES string of the molecule is CCCc1noc(N)c1C1C2CC3CC(C2)CC1C3. The molecule has 3 nitrogen and oxygen atoms in total. The van der Waals surface area contributed by atoms with Gasteiger partial charge in [0.1, 0.15) is 0 Å². The van der Waals surface area contributed by atoms with Gasteiger partial charge in [-0.2, -0.15) is 0 Å². The molecule has 0 atom stereocenters. The Morgan fingerprint density at radius 2 is 1.74 bits per heavy atom. The maximum absolute atomic E-state index is 6.12. The van der Waals surface area contributed by atoms with E-state index in [9.17, 15) is 0 Å². The van der Waals surface area contributed by atoms with E-state index in [4.69, 9.17) is 10.3 Å². The van der Waals surface area contributed by atoms with Gasteiger partial charge in [-0.1, -0.05) is 18.5 Å². The van der Waals surface area contributed by atoms with E-state index in [1.807, 2.05) is 0 Å². The summed E-state index contributed by atoms with van der Waals surface area (Å²) in [4.78, 5) is 0. The Labute approximate surface area is 114 Å². The maximum atomic E-state index is 6.12. The molecule has 1 aromatic rings. The molecule has 1 aromatic heterocycles. The van der Waals surface area contributed by atoms with Crippen molar-refractivity contribution < 1.29 is 4.52 Å². The summed E-state index contributed by atoms with van der Waals surface area (Å²) in [6, 6.07) is 0. The molecule has 0 aliphatic heterocycles. The van der Waals surface area contributed by atoms with Gasteiger partial charge in [-0.05, 0) is 68.1 Å². The lowest BCUT2D eigenvalue weighted by atomic mass is 9.50. The van der Waals surface area contributed by atoms with Crippen LogP contribution < -0.4 is 5.73 Å². The average Bonchev–Trinajstić information content (AvgIpc) is 2.71. The molecule has 0 spiro atoms. The minimum Gasteiger partial charge on any atom is -0.367 e. The average molecular weight is 260 g/mol. The highest BCUT2D eigenvalue weighted by atomic mass is 16.5. The van der Waals surface area contributed by atoms with Gasteiger partial charge < -0.3 is 10.3 Å². The van der Waals surface area contributed by atoms with Crippen LogP contribution in [0.3, 0.4) is 0 Å². The smallest absolute Gasteiger partial charge is 0.225 e. The van der Waals surface area contributed by atoms with Gasteiger partial charge >= 0.3 is 0 Å². The summed E-state index contributed by atoms with van der Waals surface area (Å²) in [6.07, 6.45) is 9.33. The zero-order chi connectivity index (χ0) is 13.0. The summed E-state index contributed by atoms with van der Waals surface area (Å²) in [6.45, 7) is 2.20. The third kappa shape index (κ3) is 1.73. The van der Waals surface area contributed by atoms with E-state index in [1.165, 1.54) is 37.7 Å². The summed E-state index contributed by atoms with van der Waals surface area (Å²) >= 11 is 0. The summed E-state index contributed by atoms with van der Waals surface area (Å²) in [5.41, 5.74) is 8.57. The van der Waals surface area contributed by atoms with Crippen LogP contribution in [0.1, 0.15) is 62.6 Å². The fourth-order valence-electron chi connectivity index (χ4n) is 5.52. The van der Waals surface area contributed by atoms with Gasteiger partial charge in [-0.3, -0.25) is 0 Å². The van der Waals surface area contributed by atoms with Crippen LogP contribution in [0, 0.1) is 23.7 Å². The molecule has 0 amide bonds. The number of nitrogens with zero attached hydrogens (tertiary/aromatic N) is 1. The lowest BCUT2D eigenvalue weighted by molar-refractivity contribution is -0.00292. The van der Waals surface area contributed by atoms with Crippen LogP contribution in [-0.2, 0) is 6.42 Å². The van der Waals surface area contributed by atoms with Gasteiger partial charge in [0.15, 0.2) is 0 Å². The minimum absolute atomic E-state index is 0.612. The molecule has 0 radical (unpaired) electrons. The second-order valence-electron chi connectivity index (χ2n) is 7.11. The van der Waals surface area contributed by atoms with E-state index in [2.05, 4.69) is 12.1 Å². The molecular formula is C16H24N2O. The third-order valence-corrected chi connectivity index (χ3v) is 5.88. The van der Waals surface area contributed by atoms with Crippen LogP contribution in [0.25, 0.3) is 0 Å². The monoisotopic (exact) mass is 260 g/mol. The number of nitrogens with two attached hydrogens (primary N) is 1. The first-order valence-electron chi connectivity index (χ1n) is 8.00. The zero-order valence-electron chi connectivity index (χ0n) is 11.8. The molecule has 104 valence electrons. The Hall–Kier alpha value is -0.990. The number of hydrogen-bond acceptors (Lipinski definition) is 3. The first-order chi connectivity index (χ1) is 9.26. The van der Waals surface area contributed by atoms with Crippen LogP contribution in [0.4, 0.5) is 5.88 Å². The van der Waals surface area contributed by atoms with Gasteiger partial charge in [0.2, 0.25) is 5.88 Å². The summed E-state index contributed by atoms with van der Waals surface area (Å²) in [5.74, 6) is 4.99. The molecule has 0 unspecified atom stereocenters. The molecule has 0 aromatic carbocycles. The summed E-state index contributed by atoms with van der Waals surface area (Å²) < 4.78 is 5.33. The first-order valence-corrected chi connectivity index (χ1v) is 8.00. The van der Waals surface area contributed by atoms with E-state index < -0.39 is 0 Å². The van der Waals surface area contributed by atoms with Crippen molar-refractivity contribution in [1.82, 2.24) is 5.16 Å². The highest BCUT2D eigenvalue weighted by molar-refractivity contribution is 5.43. The third-order valence-electron chi connectivity index (χ3n) is 5.88. The van der Waals surface area contributed by atoms with Crippen molar-refractivity contribution in [3.8, 4) is 0 Å². The summed E-state index contributed by atoms with van der Waals surface area (Å²) in [5, 5.41) is 4.24. The van der Waals surface area contributed by atoms with Gasteiger partial charge in [0.25, 0.3) is 0 Å². The molecule has 4 bridgehead atoms. The number of hydrogen-bond donors (Lipinski definition) is 1. The molecule has 5 rings (SSSR count). The predicted molar refractivity (Wildman–Crippen MR) is 74.7 cm³/mol. The maximum Gasteiger partial charge on any atom is 0.225 e. The molecule has 4 aliphatic carbocycles. The zero-order valence-corrected chi connectivity index (χ0v) is 11.8.